The molecule has 0 bridgehead atoms. The molecule has 0 radical (unpaired) electrons. The Bertz CT molecular complexity index is 283. The van der Waals surface area contributed by atoms with Crippen LogP contribution in [0.4, 0.5) is 0 Å². The maximum atomic E-state index is 10.5. The summed E-state index contributed by atoms with van der Waals surface area (Å²) in [4.78, 5) is 20.9. The first-order valence-corrected chi connectivity index (χ1v) is 4.22. The second-order valence-electron chi connectivity index (χ2n) is 3.21. The third-order valence-corrected chi connectivity index (χ3v) is 2.05. The molecule has 0 atom stereocenters. The van der Waals surface area contributed by atoms with Crippen molar-refractivity contribution in [1.82, 2.24) is 0 Å². The quantitative estimate of drug-likeness (QED) is 0.405. The molecule has 0 aromatic heterocycles. The van der Waals surface area contributed by atoms with Crippen molar-refractivity contribution in [2.75, 3.05) is 0 Å². The van der Waals surface area contributed by atoms with Gasteiger partial charge in [0.15, 0.2) is 0 Å². The van der Waals surface area contributed by atoms with Gasteiger partial charge in [-0.15, -0.1) is 0 Å². The van der Waals surface area contributed by atoms with E-state index in [4.69, 9.17) is 5.11 Å². The fraction of sp³-hybridized carbons (Fsp3) is 0.400. The Balaban J connectivity index is 2.67. The number of carbonyl (C=O) groups is 2. The highest BCUT2D eigenvalue weighted by Gasteiger charge is 2.24. The van der Waals surface area contributed by atoms with Gasteiger partial charge in [0, 0.05) is 5.57 Å². The molecule has 3 nitrogen and oxygen atoms in total. The minimum absolute atomic E-state index is 0.250. The van der Waals surface area contributed by atoms with E-state index in [1.165, 1.54) is 13.0 Å². The molecule has 0 aromatic carbocycles. The molecule has 1 aliphatic rings. The lowest BCUT2D eigenvalue weighted by atomic mass is 10.1. The van der Waals surface area contributed by atoms with Crippen LogP contribution in [0.2, 0.25) is 0 Å². The van der Waals surface area contributed by atoms with Crippen LogP contribution in [-0.2, 0) is 9.59 Å². The maximum Gasteiger partial charge on any atom is 0.331 e. The number of hydrogen-bond donors (Lipinski definition) is 1. The fourth-order valence-electron chi connectivity index (χ4n) is 0.981. The molecule has 0 amide bonds. The number of carbonyl (C=O) groups excluding carboxylic acids is 1. The van der Waals surface area contributed by atoms with E-state index in [0.29, 0.717) is 11.5 Å². The summed E-state index contributed by atoms with van der Waals surface area (Å²) in [5.41, 5.74) is 0.959. The molecule has 70 valence electrons. The smallest absolute Gasteiger partial charge is 0.331 e. The van der Waals surface area contributed by atoms with E-state index < -0.39 is 5.97 Å². The highest BCUT2D eigenvalue weighted by atomic mass is 16.4. The average molecular weight is 180 g/mol. The Morgan fingerprint density at radius 1 is 1.38 bits per heavy atom. The molecule has 1 rings (SSSR count). The van der Waals surface area contributed by atoms with Gasteiger partial charge in [0.1, 0.15) is 6.29 Å². The molecule has 1 saturated carbocycles. The number of carboxylic acid groups (broad SMARTS) is 1. The van der Waals surface area contributed by atoms with Gasteiger partial charge in [0.25, 0.3) is 0 Å². The monoisotopic (exact) mass is 180 g/mol. The van der Waals surface area contributed by atoms with E-state index in [1.807, 2.05) is 0 Å². The van der Waals surface area contributed by atoms with Crippen molar-refractivity contribution in [3.8, 4) is 0 Å². The third kappa shape index (κ3) is 2.86. The van der Waals surface area contributed by atoms with Crippen LogP contribution >= 0.6 is 0 Å². The number of allylic oxidation sites excluding steroid dienone is 3. The standard InChI is InChI=1S/C10H12O3/c1-7(10(12)13)2-3-9(6-11)8-4-5-8/h2-3,6,8H,4-5H2,1H3,(H,12,13). The Kier molecular flexibility index (Phi) is 3.01. The molecule has 0 heterocycles. The van der Waals surface area contributed by atoms with Crippen LogP contribution in [0, 0.1) is 5.92 Å². The van der Waals surface area contributed by atoms with E-state index in [1.54, 1.807) is 6.08 Å². The molecule has 13 heavy (non-hydrogen) atoms. The van der Waals surface area contributed by atoms with Crippen LogP contribution in [0.1, 0.15) is 19.8 Å². The van der Waals surface area contributed by atoms with Crippen molar-refractivity contribution in [3.05, 3.63) is 23.3 Å². The van der Waals surface area contributed by atoms with Gasteiger partial charge in [-0.1, -0.05) is 12.2 Å². The van der Waals surface area contributed by atoms with Gasteiger partial charge in [-0.2, -0.15) is 0 Å². The van der Waals surface area contributed by atoms with Crippen molar-refractivity contribution < 1.29 is 14.7 Å². The zero-order valence-corrected chi connectivity index (χ0v) is 7.49. The summed E-state index contributed by atoms with van der Waals surface area (Å²) >= 11 is 0. The van der Waals surface area contributed by atoms with Crippen LogP contribution in [0.5, 0.6) is 0 Å². The van der Waals surface area contributed by atoms with E-state index in [0.717, 1.165) is 19.1 Å². The normalized spacial score (nSPS) is 18.5. The van der Waals surface area contributed by atoms with E-state index >= 15 is 0 Å². The van der Waals surface area contributed by atoms with Gasteiger partial charge in [0.2, 0.25) is 0 Å². The lowest BCUT2D eigenvalue weighted by Crippen LogP contribution is -1.95. The molecule has 0 spiro atoms. The fourth-order valence-corrected chi connectivity index (χ4v) is 0.981. The second kappa shape index (κ2) is 4.03. The van der Waals surface area contributed by atoms with Crippen LogP contribution in [0.25, 0.3) is 0 Å². The van der Waals surface area contributed by atoms with Crippen molar-refractivity contribution >= 4 is 12.3 Å². The molecule has 1 N–H and O–H groups in total. The zero-order chi connectivity index (χ0) is 9.84. The van der Waals surface area contributed by atoms with Gasteiger partial charge in [-0.3, -0.25) is 4.79 Å². The number of rotatable bonds is 4. The summed E-state index contributed by atoms with van der Waals surface area (Å²) in [6.07, 6.45) is 5.98. The summed E-state index contributed by atoms with van der Waals surface area (Å²) in [6.45, 7) is 1.51. The van der Waals surface area contributed by atoms with Gasteiger partial charge < -0.3 is 5.11 Å². The van der Waals surface area contributed by atoms with Crippen LogP contribution in [-0.4, -0.2) is 17.4 Å². The van der Waals surface area contributed by atoms with Crippen molar-refractivity contribution in [1.29, 1.82) is 0 Å². The van der Waals surface area contributed by atoms with Crippen molar-refractivity contribution in [2.24, 2.45) is 5.92 Å². The van der Waals surface area contributed by atoms with E-state index in [9.17, 15) is 9.59 Å². The van der Waals surface area contributed by atoms with E-state index in [2.05, 4.69) is 0 Å². The van der Waals surface area contributed by atoms with Crippen LogP contribution < -0.4 is 0 Å². The van der Waals surface area contributed by atoms with Crippen molar-refractivity contribution in [2.45, 2.75) is 19.8 Å². The van der Waals surface area contributed by atoms with Crippen LogP contribution in [0.15, 0.2) is 23.3 Å². The largest absolute Gasteiger partial charge is 0.478 e. The Hall–Kier alpha value is -1.38. The van der Waals surface area contributed by atoms with Gasteiger partial charge >= 0.3 is 5.97 Å². The molecule has 0 aromatic rings. The third-order valence-electron chi connectivity index (χ3n) is 2.05. The summed E-state index contributed by atoms with van der Waals surface area (Å²) in [7, 11) is 0. The topological polar surface area (TPSA) is 54.4 Å². The second-order valence-corrected chi connectivity index (χ2v) is 3.21. The van der Waals surface area contributed by atoms with E-state index in [-0.39, 0.29) is 5.57 Å². The molecule has 0 saturated heterocycles. The highest BCUT2D eigenvalue weighted by molar-refractivity contribution is 5.86. The first-order valence-electron chi connectivity index (χ1n) is 4.22. The molecular formula is C10H12O3. The predicted molar refractivity (Wildman–Crippen MR) is 48.3 cm³/mol. The molecule has 3 heteroatoms. The lowest BCUT2D eigenvalue weighted by molar-refractivity contribution is -0.132. The summed E-state index contributed by atoms with van der Waals surface area (Å²) in [5, 5.41) is 8.54. The maximum absolute atomic E-state index is 10.5. The Morgan fingerprint density at radius 3 is 2.38 bits per heavy atom. The van der Waals surface area contributed by atoms with Gasteiger partial charge in [-0.25, -0.2) is 4.79 Å². The Labute approximate surface area is 76.8 Å². The highest BCUT2D eigenvalue weighted by Crippen LogP contribution is 2.35. The first-order chi connectivity index (χ1) is 6.15. The van der Waals surface area contributed by atoms with Crippen molar-refractivity contribution in [3.63, 3.8) is 0 Å². The first kappa shape index (κ1) is 9.71. The molecule has 0 aliphatic heterocycles. The predicted octanol–water partition coefficient (Wildman–Crippen LogP) is 1.55. The summed E-state index contributed by atoms with van der Waals surface area (Å²) in [6, 6.07) is 0. The molecule has 1 fully saturated rings. The number of aliphatic carboxylic acids is 1. The Morgan fingerprint density at radius 2 is 2.00 bits per heavy atom. The minimum atomic E-state index is -0.947. The molecular weight excluding hydrogens is 168 g/mol. The number of carboxylic acids is 1. The average Bonchev–Trinajstić information content (AvgIpc) is 2.88. The number of aldehydes is 1. The lowest BCUT2D eigenvalue weighted by Gasteiger charge is -1.92. The van der Waals surface area contributed by atoms with Gasteiger partial charge in [-0.05, 0) is 31.3 Å². The van der Waals surface area contributed by atoms with Crippen LogP contribution in [0.3, 0.4) is 0 Å². The molecule has 0 unspecified atom stereocenters. The molecule has 1 aliphatic carbocycles. The zero-order valence-electron chi connectivity index (χ0n) is 7.49. The number of hydrogen-bond acceptors (Lipinski definition) is 2. The minimum Gasteiger partial charge on any atom is -0.478 e. The summed E-state index contributed by atoms with van der Waals surface area (Å²) < 4.78 is 0. The summed E-state index contributed by atoms with van der Waals surface area (Å²) in [5.74, 6) is -0.576. The SMILES string of the molecule is CC(=CC=C(C=O)C1CC1)C(=O)O. The van der Waals surface area contributed by atoms with Gasteiger partial charge in [0.05, 0.1) is 0 Å².